The fourth-order valence-corrected chi connectivity index (χ4v) is 3.18. The number of carbonyl (C=O) groups excluding carboxylic acids is 1. The van der Waals surface area contributed by atoms with Gasteiger partial charge in [0.15, 0.2) is 0 Å². The first-order valence-electron chi connectivity index (χ1n) is 8.32. The van der Waals surface area contributed by atoms with Gasteiger partial charge in [-0.2, -0.15) is 0 Å². The van der Waals surface area contributed by atoms with Crippen LogP contribution in [0.15, 0.2) is 0 Å². The Hall–Kier alpha value is -0.810. The first kappa shape index (κ1) is 16.6. The van der Waals surface area contributed by atoms with Gasteiger partial charge in [0.05, 0.1) is 0 Å². The monoisotopic (exact) mass is 297 g/mol. The molecule has 0 aliphatic heterocycles. The molecule has 2 saturated carbocycles. The van der Waals surface area contributed by atoms with Gasteiger partial charge < -0.3 is 21.1 Å². The molecule has 0 saturated heterocycles. The average molecular weight is 297 g/mol. The largest absolute Gasteiger partial charge is 0.444 e. The van der Waals surface area contributed by atoms with Gasteiger partial charge in [-0.15, -0.1) is 0 Å². The Labute approximate surface area is 128 Å². The van der Waals surface area contributed by atoms with Gasteiger partial charge >= 0.3 is 6.09 Å². The molecule has 0 aromatic heterocycles. The highest BCUT2D eigenvalue weighted by Gasteiger charge is 2.35. The van der Waals surface area contributed by atoms with Gasteiger partial charge in [0.2, 0.25) is 0 Å². The smallest absolute Gasteiger partial charge is 0.407 e. The Morgan fingerprint density at radius 1 is 1.29 bits per heavy atom. The number of hydrogen-bond acceptors (Lipinski definition) is 4. The van der Waals surface area contributed by atoms with E-state index < -0.39 is 5.60 Å². The molecule has 5 nitrogen and oxygen atoms in total. The van der Waals surface area contributed by atoms with Crippen LogP contribution >= 0.6 is 0 Å². The lowest BCUT2D eigenvalue weighted by atomic mass is 10.0. The van der Waals surface area contributed by atoms with E-state index in [2.05, 4.69) is 10.6 Å². The van der Waals surface area contributed by atoms with E-state index in [-0.39, 0.29) is 6.09 Å². The third-order valence-corrected chi connectivity index (χ3v) is 4.45. The first-order chi connectivity index (χ1) is 9.89. The SMILES string of the molecule is CC(C)(C)OC(=O)NCC(NC1CCCC1CN)C1CC1. The van der Waals surface area contributed by atoms with E-state index in [0.717, 1.165) is 6.54 Å². The Bertz CT molecular complexity index is 350. The summed E-state index contributed by atoms with van der Waals surface area (Å²) >= 11 is 0. The number of nitrogens with one attached hydrogen (secondary N) is 2. The van der Waals surface area contributed by atoms with E-state index >= 15 is 0 Å². The molecule has 0 aromatic carbocycles. The zero-order valence-corrected chi connectivity index (χ0v) is 13.7. The fourth-order valence-electron chi connectivity index (χ4n) is 3.18. The lowest BCUT2D eigenvalue weighted by Crippen LogP contribution is -2.49. The number of carbonyl (C=O) groups is 1. The molecular formula is C16H31N3O2. The molecule has 0 bridgehead atoms. The molecule has 3 unspecified atom stereocenters. The molecule has 0 aromatic rings. The molecule has 1 amide bonds. The summed E-state index contributed by atoms with van der Waals surface area (Å²) in [6.07, 6.45) is 5.89. The van der Waals surface area contributed by atoms with Crippen LogP contribution < -0.4 is 16.4 Å². The fraction of sp³-hybridized carbons (Fsp3) is 0.938. The summed E-state index contributed by atoms with van der Waals surface area (Å²) in [7, 11) is 0. The van der Waals surface area contributed by atoms with Gasteiger partial charge in [0, 0.05) is 18.6 Å². The lowest BCUT2D eigenvalue weighted by molar-refractivity contribution is 0.0519. The molecule has 0 heterocycles. The normalized spacial score (nSPS) is 27.4. The molecule has 2 rings (SSSR count). The van der Waals surface area contributed by atoms with Crippen molar-refractivity contribution in [3.63, 3.8) is 0 Å². The molecule has 4 N–H and O–H groups in total. The Balaban J connectivity index is 1.78. The van der Waals surface area contributed by atoms with Crippen molar-refractivity contribution in [3.05, 3.63) is 0 Å². The minimum atomic E-state index is -0.442. The number of amides is 1. The van der Waals surface area contributed by atoms with Crippen molar-refractivity contribution in [2.75, 3.05) is 13.1 Å². The summed E-state index contributed by atoms with van der Waals surface area (Å²) < 4.78 is 5.30. The summed E-state index contributed by atoms with van der Waals surface area (Å²) in [5, 5.41) is 6.66. The summed E-state index contributed by atoms with van der Waals surface area (Å²) in [6, 6.07) is 0.871. The standard InChI is InChI=1S/C16H31N3O2/c1-16(2,3)21-15(20)18-10-14(11-7-8-11)19-13-6-4-5-12(13)9-17/h11-14,19H,4-10,17H2,1-3H3,(H,18,20). The summed E-state index contributed by atoms with van der Waals surface area (Å²) in [5.74, 6) is 1.28. The highest BCUT2D eigenvalue weighted by molar-refractivity contribution is 5.67. The highest BCUT2D eigenvalue weighted by Crippen LogP contribution is 2.34. The molecule has 2 fully saturated rings. The molecule has 2 aliphatic carbocycles. The Morgan fingerprint density at radius 3 is 2.57 bits per heavy atom. The van der Waals surface area contributed by atoms with Crippen molar-refractivity contribution in [2.24, 2.45) is 17.6 Å². The van der Waals surface area contributed by atoms with Crippen molar-refractivity contribution >= 4 is 6.09 Å². The maximum atomic E-state index is 11.8. The Kier molecular flexibility index (Phi) is 5.49. The molecule has 122 valence electrons. The summed E-state index contributed by atoms with van der Waals surface area (Å²) in [5.41, 5.74) is 5.41. The second-order valence-corrected chi connectivity index (χ2v) is 7.53. The molecule has 0 radical (unpaired) electrons. The summed E-state index contributed by atoms with van der Waals surface area (Å²) in [6.45, 7) is 7.05. The van der Waals surface area contributed by atoms with Gasteiger partial charge in [-0.1, -0.05) is 6.42 Å². The van der Waals surface area contributed by atoms with Gasteiger partial charge in [-0.3, -0.25) is 0 Å². The van der Waals surface area contributed by atoms with E-state index in [9.17, 15) is 4.79 Å². The third kappa shape index (κ3) is 5.47. The number of alkyl carbamates (subject to hydrolysis) is 1. The molecule has 0 spiro atoms. The molecule has 21 heavy (non-hydrogen) atoms. The number of ether oxygens (including phenoxy) is 1. The van der Waals surface area contributed by atoms with E-state index in [1.807, 2.05) is 20.8 Å². The molecule has 2 aliphatic rings. The average Bonchev–Trinajstić information content (AvgIpc) is 3.12. The number of nitrogens with two attached hydrogens (primary N) is 1. The van der Waals surface area contributed by atoms with Gasteiger partial charge in [0.25, 0.3) is 0 Å². The predicted octanol–water partition coefficient (Wildman–Crippen LogP) is 2.01. The van der Waals surface area contributed by atoms with Crippen LogP contribution in [0.25, 0.3) is 0 Å². The highest BCUT2D eigenvalue weighted by atomic mass is 16.6. The van der Waals surface area contributed by atoms with Crippen LogP contribution in [0.3, 0.4) is 0 Å². The van der Waals surface area contributed by atoms with Gasteiger partial charge in [-0.25, -0.2) is 4.79 Å². The number of hydrogen-bond donors (Lipinski definition) is 3. The van der Waals surface area contributed by atoms with Crippen molar-refractivity contribution in [3.8, 4) is 0 Å². The maximum Gasteiger partial charge on any atom is 0.407 e. The third-order valence-electron chi connectivity index (χ3n) is 4.45. The number of rotatable bonds is 6. The minimum Gasteiger partial charge on any atom is -0.444 e. The van der Waals surface area contributed by atoms with E-state index in [4.69, 9.17) is 10.5 Å². The first-order valence-corrected chi connectivity index (χ1v) is 8.32. The van der Waals surface area contributed by atoms with E-state index in [1.54, 1.807) is 0 Å². The lowest BCUT2D eigenvalue weighted by Gasteiger charge is -2.27. The van der Waals surface area contributed by atoms with Crippen LogP contribution in [-0.2, 0) is 4.74 Å². The van der Waals surface area contributed by atoms with Crippen LogP contribution in [0.5, 0.6) is 0 Å². The summed E-state index contributed by atoms with van der Waals surface area (Å²) in [4.78, 5) is 11.8. The van der Waals surface area contributed by atoms with Crippen LogP contribution in [0.4, 0.5) is 4.79 Å². The van der Waals surface area contributed by atoms with Crippen molar-refractivity contribution in [1.29, 1.82) is 0 Å². The van der Waals surface area contributed by atoms with Crippen molar-refractivity contribution < 1.29 is 9.53 Å². The second-order valence-electron chi connectivity index (χ2n) is 7.53. The molecule has 5 heteroatoms. The van der Waals surface area contributed by atoms with Gasteiger partial charge in [-0.05, 0) is 64.8 Å². The molecule has 3 atom stereocenters. The van der Waals surface area contributed by atoms with Crippen LogP contribution in [0, 0.1) is 11.8 Å². The van der Waals surface area contributed by atoms with Gasteiger partial charge in [0.1, 0.15) is 5.60 Å². The topological polar surface area (TPSA) is 76.4 Å². The molecular weight excluding hydrogens is 266 g/mol. The second kappa shape index (κ2) is 6.97. The Morgan fingerprint density at radius 2 is 2.00 bits per heavy atom. The zero-order valence-electron chi connectivity index (χ0n) is 13.7. The van der Waals surface area contributed by atoms with Crippen LogP contribution in [-0.4, -0.2) is 36.9 Å². The quantitative estimate of drug-likeness (QED) is 0.701. The van der Waals surface area contributed by atoms with E-state index in [1.165, 1.54) is 32.1 Å². The zero-order chi connectivity index (χ0) is 15.5. The maximum absolute atomic E-state index is 11.8. The minimum absolute atomic E-state index is 0.322. The predicted molar refractivity (Wildman–Crippen MR) is 84.1 cm³/mol. The van der Waals surface area contributed by atoms with Crippen LogP contribution in [0.1, 0.15) is 52.9 Å². The van der Waals surface area contributed by atoms with Crippen molar-refractivity contribution in [1.82, 2.24) is 10.6 Å². The van der Waals surface area contributed by atoms with Crippen molar-refractivity contribution in [2.45, 2.75) is 70.6 Å². The van der Waals surface area contributed by atoms with E-state index in [0.29, 0.717) is 30.5 Å². The van der Waals surface area contributed by atoms with Crippen LogP contribution in [0.2, 0.25) is 0 Å².